The highest BCUT2D eigenvalue weighted by atomic mass is 19.1. The summed E-state index contributed by atoms with van der Waals surface area (Å²) in [6.07, 6.45) is 0.242. The number of ether oxygens (including phenoxy) is 1. The van der Waals surface area contributed by atoms with Crippen molar-refractivity contribution < 1.29 is 19.0 Å². The Kier molecular flexibility index (Phi) is 2.68. The molecule has 0 amide bonds. The number of hydrogen-bond acceptors (Lipinski definition) is 2. The van der Waals surface area contributed by atoms with Gasteiger partial charge in [0.15, 0.2) is 6.10 Å². The van der Waals surface area contributed by atoms with Crippen LogP contribution in [-0.2, 0) is 9.53 Å². The first-order valence-corrected chi connectivity index (χ1v) is 4.80. The number of rotatable bonds is 2. The predicted octanol–water partition coefficient (Wildman–Crippen LogP) is 2.13. The van der Waals surface area contributed by atoms with Gasteiger partial charge in [0.1, 0.15) is 5.82 Å². The van der Waals surface area contributed by atoms with Crippen LogP contribution in [0.1, 0.15) is 24.5 Å². The normalized spacial score (nSPS) is 25.4. The molecule has 1 heterocycles. The van der Waals surface area contributed by atoms with Crippen molar-refractivity contribution in [2.75, 3.05) is 0 Å². The second-order valence-electron chi connectivity index (χ2n) is 3.58. The predicted molar refractivity (Wildman–Crippen MR) is 50.9 cm³/mol. The molecule has 4 heteroatoms. The van der Waals surface area contributed by atoms with Gasteiger partial charge < -0.3 is 9.84 Å². The lowest BCUT2D eigenvalue weighted by molar-refractivity contribution is -0.149. The molecule has 1 N–H and O–H groups in total. The zero-order chi connectivity index (χ0) is 10.8. The van der Waals surface area contributed by atoms with Gasteiger partial charge in [-0.1, -0.05) is 12.1 Å². The van der Waals surface area contributed by atoms with Crippen molar-refractivity contribution in [3.05, 3.63) is 35.6 Å². The van der Waals surface area contributed by atoms with E-state index in [4.69, 9.17) is 9.84 Å². The van der Waals surface area contributed by atoms with E-state index in [2.05, 4.69) is 0 Å². The van der Waals surface area contributed by atoms with Crippen molar-refractivity contribution in [2.24, 2.45) is 0 Å². The zero-order valence-electron chi connectivity index (χ0n) is 8.02. The molecule has 1 aliphatic heterocycles. The molecule has 1 saturated heterocycles. The van der Waals surface area contributed by atoms with Gasteiger partial charge in [-0.15, -0.1) is 0 Å². The average molecular weight is 210 g/mol. The lowest BCUT2D eigenvalue weighted by Gasteiger charge is -2.11. The minimum Gasteiger partial charge on any atom is -0.479 e. The Morgan fingerprint density at radius 3 is 2.53 bits per heavy atom. The molecule has 1 aromatic rings. The molecule has 0 aliphatic carbocycles. The van der Waals surface area contributed by atoms with E-state index in [1.807, 2.05) is 0 Å². The summed E-state index contributed by atoms with van der Waals surface area (Å²) >= 11 is 0. The molecule has 0 spiro atoms. The molecule has 1 aliphatic rings. The summed E-state index contributed by atoms with van der Waals surface area (Å²) in [5.74, 6) is -1.23. The number of benzene rings is 1. The number of halogens is 1. The summed E-state index contributed by atoms with van der Waals surface area (Å²) in [5.41, 5.74) is 0.833. The molecule has 0 bridgehead atoms. The second-order valence-corrected chi connectivity index (χ2v) is 3.58. The maximum Gasteiger partial charge on any atom is 0.332 e. The maximum absolute atomic E-state index is 12.6. The van der Waals surface area contributed by atoms with E-state index in [1.165, 1.54) is 12.1 Å². The van der Waals surface area contributed by atoms with Crippen molar-refractivity contribution in [3.8, 4) is 0 Å². The van der Waals surface area contributed by atoms with E-state index in [1.54, 1.807) is 12.1 Å². The molecule has 0 saturated carbocycles. The average Bonchev–Trinajstić information content (AvgIpc) is 2.68. The van der Waals surface area contributed by atoms with Crippen LogP contribution < -0.4 is 0 Å². The number of aliphatic carboxylic acids is 1. The fourth-order valence-corrected chi connectivity index (χ4v) is 1.74. The van der Waals surface area contributed by atoms with Crippen molar-refractivity contribution in [3.63, 3.8) is 0 Å². The van der Waals surface area contributed by atoms with E-state index in [0.717, 1.165) is 5.56 Å². The van der Waals surface area contributed by atoms with Gasteiger partial charge in [-0.3, -0.25) is 0 Å². The van der Waals surface area contributed by atoms with E-state index >= 15 is 0 Å². The van der Waals surface area contributed by atoms with Crippen LogP contribution in [0.2, 0.25) is 0 Å². The number of carboxylic acids is 1. The van der Waals surface area contributed by atoms with Gasteiger partial charge in [-0.25, -0.2) is 9.18 Å². The highest BCUT2D eigenvalue weighted by molar-refractivity contribution is 5.72. The standard InChI is InChI=1S/C11H11FO3/c12-8-3-1-7(2-4-8)9-5-6-10(15-9)11(13)14/h1-4,9-10H,5-6H2,(H,13,14). The fourth-order valence-electron chi connectivity index (χ4n) is 1.74. The molecular weight excluding hydrogens is 199 g/mol. The molecule has 2 rings (SSSR count). The largest absolute Gasteiger partial charge is 0.479 e. The second kappa shape index (κ2) is 3.98. The van der Waals surface area contributed by atoms with Gasteiger partial charge >= 0.3 is 5.97 Å². The number of carboxylic acid groups (broad SMARTS) is 1. The van der Waals surface area contributed by atoms with Crippen molar-refractivity contribution in [1.82, 2.24) is 0 Å². The lowest BCUT2D eigenvalue weighted by atomic mass is 10.1. The van der Waals surface area contributed by atoms with Crippen LogP contribution >= 0.6 is 0 Å². The Bertz CT molecular complexity index is 361. The van der Waals surface area contributed by atoms with E-state index in [9.17, 15) is 9.18 Å². The third-order valence-corrected chi connectivity index (χ3v) is 2.54. The molecule has 3 nitrogen and oxygen atoms in total. The summed E-state index contributed by atoms with van der Waals surface area (Å²) in [6, 6.07) is 5.97. The molecule has 1 fully saturated rings. The molecule has 0 aromatic heterocycles. The third-order valence-electron chi connectivity index (χ3n) is 2.54. The van der Waals surface area contributed by atoms with Crippen molar-refractivity contribution in [2.45, 2.75) is 25.0 Å². The van der Waals surface area contributed by atoms with Gasteiger partial charge in [-0.2, -0.15) is 0 Å². The number of carbonyl (C=O) groups is 1. The lowest BCUT2D eigenvalue weighted by Crippen LogP contribution is -2.18. The van der Waals surface area contributed by atoms with Gasteiger partial charge in [0.25, 0.3) is 0 Å². The van der Waals surface area contributed by atoms with Crippen molar-refractivity contribution >= 4 is 5.97 Å². The van der Waals surface area contributed by atoms with Crippen LogP contribution in [0.3, 0.4) is 0 Å². The first kappa shape index (κ1) is 10.1. The maximum atomic E-state index is 12.6. The van der Waals surface area contributed by atoms with Crippen LogP contribution in [0.15, 0.2) is 24.3 Å². The van der Waals surface area contributed by atoms with Gasteiger partial charge in [0, 0.05) is 0 Å². The van der Waals surface area contributed by atoms with Gasteiger partial charge in [-0.05, 0) is 30.5 Å². The fraction of sp³-hybridized carbons (Fsp3) is 0.364. The van der Waals surface area contributed by atoms with Crippen LogP contribution in [0, 0.1) is 5.82 Å². The summed E-state index contributed by atoms with van der Waals surface area (Å²) in [6.45, 7) is 0. The molecule has 2 atom stereocenters. The first-order valence-electron chi connectivity index (χ1n) is 4.80. The monoisotopic (exact) mass is 210 g/mol. The third kappa shape index (κ3) is 2.15. The quantitative estimate of drug-likeness (QED) is 0.813. The first-order chi connectivity index (χ1) is 7.16. The summed E-state index contributed by atoms with van der Waals surface area (Å²) in [5, 5.41) is 8.74. The van der Waals surface area contributed by atoms with E-state index < -0.39 is 12.1 Å². The summed E-state index contributed by atoms with van der Waals surface area (Å²) < 4.78 is 18.0. The van der Waals surface area contributed by atoms with Crippen LogP contribution in [0.5, 0.6) is 0 Å². The molecule has 0 radical (unpaired) electrons. The smallest absolute Gasteiger partial charge is 0.332 e. The van der Waals surface area contributed by atoms with Crippen LogP contribution in [0.25, 0.3) is 0 Å². The zero-order valence-corrected chi connectivity index (χ0v) is 8.02. The molecule has 80 valence electrons. The Balaban J connectivity index is 2.07. The van der Waals surface area contributed by atoms with E-state index in [0.29, 0.717) is 12.8 Å². The highest BCUT2D eigenvalue weighted by Crippen LogP contribution is 2.32. The van der Waals surface area contributed by atoms with Gasteiger partial charge in [0.2, 0.25) is 0 Å². The van der Waals surface area contributed by atoms with E-state index in [-0.39, 0.29) is 11.9 Å². The molecular formula is C11H11FO3. The Labute approximate surface area is 86.5 Å². The molecule has 1 aromatic carbocycles. The Morgan fingerprint density at radius 2 is 2.00 bits per heavy atom. The van der Waals surface area contributed by atoms with Crippen molar-refractivity contribution in [1.29, 1.82) is 0 Å². The Morgan fingerprint density at radius 1 is 1.33 bits per heavy atom. The minimum atomic E-state index is -0.931. The SMILES string of the molecule is O=C(O)C1CCC(c2ccc(F)cc2)O1. The summed E-state index contributed by atoms with van der Waals surface area (Å²) in [7, 11) is 0. The summed E-state index contributed by atoms with van der Waals surface area (Å²) in [4.78, 5) is 10.6. The molecule has 15 heavy (non-hydrogen) atoms. The topological polar surface area (TPSA) is 46.5 Å². The van der Waals surface area contributed by atoms with Crippen LogP contribution in [-0.4, -0.2) is 17.2 Å². The highest BCUT2D eigenvalue weighted by Gasteiger charge is 2.31. The Hall–Kier alpha value is -1.42. The minimum absolute atomic E-state index is 0.216. The van der Waals surface area contributed by atoms with Gasteiger partial charge in [0.05, 0.1) is 6.10 Å². The van der Waals surface area contributed by atoms with Crippen LogP contribution in [0.4, 0.5) is 4.39 Å². The number of hydrogen-bond donors (Lipinski definition) is 1. The molecule has 2 unspecified atom stereocenters.